The Balaban J connectivity index is 1.38. The third-order valence-corrected chi connectivity index (χ3v) is 17.6. The number of benzene rings is 11. The van der Waals surface area contributed by atoms with E-state index in [1.807, 2.05) is 0 Å². The smallest absolute Gasteiger partial charge is 0.0656 e. The van der Waals surface area contributed by atoms with E-state index in [9.17, 15) is 0 Å². The summed E-state index contributed by atoms with van der Waals surface area (Å²) < 4.78 is 0. The zero-order valence-electron chi connectivity index (χ0n) is 37.6. The maximum Gasteiger partial charge on any atom is 0.0776 e. The Morgan fingerprint density at radius 3 is 1.30 bits per heavy atom. The Morgan fingerprint density at radius 1 is 0.219 bits per heavy atom. The van der Waals surface area contributed by atoms with Gasteiger partial charge in [0.2, 0.25) is 0 Å². The van der Waals surface area contributed by atoms with Gasteiger partial charge in [-0.1, -0.05) is 232 Å². The normalized spacial score (nSPS) is 12.2. The fraction of sp³-hybridized carbons (Fsp3) is 0.0968. The maximum atomic E-state index is 2.58. The van der Waals surface area contributed by atoms with Gasteiger partial charge in [-0.2, -0.15) is 0 Å². The minimum Gasteiger partial charge on any atom is -0.0656 e. The summed E-state index contributed by atoms with van der Waals surface area (Å²) in [5, 5.41) is 15.6. The van der Waals surface area contributed by atoms with E-state index in [1.165, 1.54) is 120 Å². The summed E-state index contributed by atoms with van der Waals surface area (Å²) in [5.41, 5.74) is 12.6. The molecular weight excluding hydrogens is 801 g/mol. The van der Waals surface area contributed by atoms with Gasteiger partial charge in [0.15, 0.2) is 0 Å². The van der Waals surface area contributed by atoms with Gasteiger partial charge in [0, 0.05) is 0 Å². The largest absolute Gasteiger partial charge is 0.0776 e. The van der Waals surface area contributed by atoms with Crippen LogP contribution in [0.2, 0.25) is 39.3 Å². The van der Waals surface area contributed by atoms with Crippen LogP contribution in [-0.2, 0) is 0 Å². The first kappa shape index (κ1) is 40.0. The number of fused-ring (bicyclic) bond motifs is 6. The molecule has 0 aliphatic carbocycles. The fourth-order valence-corrected chi connectivity index (χ4v) is 12.5. The summed E-state index contributed by atoms with van der Waals surface area (Å²) >= 11 is 0. The Bertz CT molecular complexity index is 3610. The van der Waals surface area contributed by atoms with Crippen molar-refractivity contribution >= 4 is 80.4 Å². The summed E-state index contributed by atoms with van der Waals surface area (Å²) in [6, 6.07) is 78.3. The van der Waals surface area contributed by atoms with Gasteiger partial charge >= 0.3 is 0 Å². The molecule has 308 valence electrons. The van der Waals surface area contributed by atoms with Gasteiger partial charge in [0.25, 0.3) is 0 Å². The van der Waals surface area contributed by atoms with Gasteiger partial charge in [-0.05, 0) is 134 Å². The molecule has 0 nitrogen and oxygen atoms in total. The van der Waals surface area contributed by atoms with E-state index in [0.717, 1.165) is 0 Å². The maximum absolute atomic E-state index is 2.58. The second-order valence-corrected chi connectivity index (χ2v) is 29.9. The molecule has 11 rings (SSSR count). The second-order valence-electron chi connectivity index (χ2n) is 19.7. The van der Waals surface area contributed by atoms with E-state index in [-0.39, 0.29) is 0 Å². The van der Waals surface area contributed by atoms with Crippen molar-refractivity contribution in [3.05, 3.63) is 206 Å². The van der Waals surface area contributed by atoms with Crippen LogP contribution in [0.15, 0.2) is 206 Å². The molecule has 0 saturated heterocycles. The lowest BCUT2D eigenvalue weighted by atomic mass is 9.80. The van der Waals surface area contributed by atoms with Crippen LogP contribution in [0.4, 0.5) is 0 Å². The number of hydrogen-bond donors (Lipinski definition) is 0. The molecule has 0 amide bonds. The topological polar surface area (TPSA) is 0 Å². The van der Waals surface area contributed by atoms with Crippen molar-refractivity contribution in [1.82, 2.24) is 0 Å². The monoisotopic (exact) mass is 852 g/mol. The average Bonchev–Trinajstić information content (AvgIpc) is 3.32. The third-order valence-electron chi connectivity index (χ3n) is 13.5. The van der Waals surface area contributed by atoms with E-state index in [2.05, 4.69) is 246 Å². The molecule has 0 fully saturated rings. The van der Waals surface area contributed by atoms with Crippen LogP contribution in [0, 0.1) is 0 Å². The lowest BCUT2D eigenvalue weighted by Gasteiger charge is -2.24. The minimum atomic E-state index is -1.66. The predicted octanol–water partition coefficient (Wildman–Crippen LogP) is 16.9. The van der Waals surface area contributed by atoms with Crippen molar-refractivity contribution in [2.45, 2.75) is 39.3 Å². The first-order valence-electron chi connectivity index (χ1n) is 22.7. The molecule has 0 unspecified atom stereocenters. The second kappa shape index (κ2) is 15.4. The molecular formula is C62H52Si2. The van der Waals surface area contributed by atoms with Crippen LogP contribution in [-0.4, -0.2) is 16.1 Å². The number of hydrogen-bond acceptors (Lipinski definition) is 0. The van der Waals surface area contributed by atoms with Gasteiger partial charge in [0.05, 0.1) is 16.1 Å². The highest BCUT2D eigenvalue weighted by atomic mass is 28.3. The summed E-state index contributed by atoms with van der Waals surface area (Å²) in [5.74, 6) is 0. The minimum absolute atomic E-state index is 1.22. The Morgan fingerprint density at radius 2 is 0.656 bits per heavy atom. The molecule has 0 spiro atoms. The predicted molar refractivity (Wildman–Crippen MR) is 287 cm³/mol. The van der Waals surface area contributed by atoms with Crippen LogP contribution in [0.1, 0.15) is 0 Å². The van der Waals surface area contributed by atoms with Crippen molar-refractivity contribution in [2.24, 2.45) is 0 Å². The molecule has 0 radical (unpaired) electrons. The van der Waals surface area contributed by atoms with E-state index in [4.69, 9.17) is 0 Å². The van der Waals surface area contributed by atoms with E-state index in [1.54, 1.807) is 0 Å². The summed E-state index contributed by atoms with van der Waals surface area (Å²) in [6.07, 6.45) is 0. The molecule has 0 heterocycles. The molecule has 11 aromatic carbocycles. The molecule has 0 bridgehead atoms. The van der Waals surface area contributed by atoms with E-state index >= 15 is 0 Å². The van der Waals surface area contributed by atoms with E-state index < -0.39 is 16.1 Å². The van der Waals surface area contributed by atoms with Gasteiger partial charge < -0.3 is 0 Å². The molecule has 0 aliphatic heterocycles. The summed E-state index contributed by atoms with van der Waals surface area (Å²) in [4.78, 5) is 0. The van der Waals surface area contributed by atoms with Crippen LogP contribution in [0.25, 0.3) is 109 Å². The van der Waals surface area contributed by atoms with Crippen LogP contribution < -0.4 is 10.4 Å². The highest BCUT2D eigenvalue weighted by molar-refractivity contribution is 6.89. The summed E-state index contributed by atoms with van der Waals surface area (Å²) in [7, 11) is -3.32. The molecule has 0 saturated carbocycles. The molecule has 2 heteroatoms. The number of rotatable bonds is 7. The highest BCUT2D eigenvalue weighted by Gasteiger charge is 2.25. The van der Waals surface area contributed by atoms with Crippen molar-refractivity contribution in [1.29, 1.82) is 0 Å². The standard InChI is InChI=1S/C62H52Si2/c1-63(2,3)49-27-17-25-46(36-49)59-53-34-33-45(41-19-9-7-10-20-41)38-55(53)60(47-26-18-28-50(37-47)64(4,5)6)57-39-54-51-29-15-16-30-52(51)62(48-32-31-42-21-13-14-24-44(42)35-48)61(56(54)40-58(57)59)43-22-11-8-12-23-43/h7-40H,1-6H3. The molecule has 0 atom stereocenters. The first-order chi connectivity index (χ1) is 31.0. The zero-order chi connectivity index (χ0) is 43.7. The molecule has 0 aromatic heterocycles. The van der Waals surface area contributed by atoms with Crippen molar-refractivity contribution < 1.29 is 0 Å². The first-order valence-corrected chi connectivity index (χ1v) is 29.7. The van der Waals surface area contributed by atoms with Crippen LogP contribution >= 0.6 is 0 Å². The Hall–Kier alpha value is -6.85. The third kappa shape index (κ3) is 6.90. The fourth-order valence-electron chi connectivity index (χ4n) is 10.2. The van der Waals surface area contributed by atoms with Crippen LogP contribution in [0.5, 0.6) is 0 Å². The van der Waals surface area contributed by atoms with Gasteiger partial charge in [-0.3, -0.25) is 0 Å². The van der Waals surface area contributed by atoms with Crippen molar-refractivity contribution in [3.8, 4) is 55.6 Å². The van der Waals surface area contributed by atoms with Gasteiger partial charge in [-0.25, -0.2) is 0 Å². The quantitative estimate of drug-likeness (QED) is 0.0851. The summed E-state index contributed by atoms with van der Waals surface area (Å²) in [6.45, 7) is 14.8. The molecule has 11 aromatic rings. The Labute approximate surface area is 379 Å². The Kier molecular flexibility index (Phi) is 9.65. The molecule has 0 aliphatic rings. The SMILES string of the molecule is C[Si](C)(C)c1cccc(-c2c3ccc(-c4ccccc4)cc3c(-c3cccc([Si](C)(C)C)c3)c3cc4c(cc23)c(-c2ccccc2)c(-c2ccc3ccccc3c2)c2ccccc24)c1. The zero-order valence-corrected chi connectivity index (χ0v) is 39.6. The lowest BCUT2D eigenvalue weighted by molar-refractivity contribution is 1.62. The van der Waals surface area contributed by atoms with Crippen LogP contribution in [0.3, 0.4) is 0 Å². The van der Waals surface area contributed by atoms with Gasteiger partial charge in [0.1, 0.15) is 0 Å². The molecule has 0 N–H and O–H groups in total. The molecule has 64 heavy (non-hydrogen) atoms. The van der Waals surface area contributed by atoms with E-state index in [0.29, 0.717) is 0 Å². The lowest BCUT2D eigenvalue weighted by Crippen LogP contribution is -2.37. The van der Waals surface area contributed by atoms with Crippen molar-refractivity contribution in [2.75, 3.05) is 0 Å². The van der Waals surface area contributed by atoms with Crippen molar-refractivity contribution in [3.63, 3.8) is 0 Å². The highest BCUT2D eigenvalue weighted by Crippen LogP contribution is 2.50. The van der Waals surface area contributed by atoms with Gasteiger partial charge in [-0.15, -0.1) is 0 Å². The average molecular weight is 853 g/mol.